The number of amides is 2. The average Bonchev–Trinajstić information content (AvgIpc) is 2.80. The van der Waals surface area contributed by atoms with Gasteiger partial charge in [0.05, 0.1) is 0 Å². The molecule has 0 aliphatic carbocycles. The minimum atomic E-state index is -0.988. The number of aliphatic carboxylic acids is 1. The maximum Gasteiger partial charge on any atom is 0.329 e. The molecule has 1 aliphatic rings. The summed E-state index contributed by atoms with van der Waals surface area (Å²) < 4.78 is 0. The molecule has 0 bridgehead atoms. The van der Waals surface area contributed by atoms with Crippen molar-refractivity contribution in [1.82, 2.24) is 9.80 Å². The number of nitrogens with zero attached hydrogens (tertiary/aromatic N) is 2. The molecule has 104 valence electrons. The molecule has 1 aliphatic heterocycles. The number of urea groups is 1. The van der Waals surface area contributed by atoms with E-state index in [1.807, 2.05) is 20.8 Å². The summed E-state index contributed by atoms with van der Waals surface area (Å²) in [6.45, 7) is 7.66. The predicted molar refractivity (Wildman–Crippen MR) is 69.5 cm³/mol. The summed E-state index contributed by atoms with van der Waals surface area (Å²) in [6, 6.07) is -0.124. The number of rotatable bonds is 5. The standard InChI is InChI=1S/C13H24N2O3/c1-4-9-14(6-3)12(18)15-10-7-8-13(15,5-2)11(16)17/h4-10H2,1-3H3,(H,16,17). The summed E-state index contributed by atoms with van der Waals surface area (Å²) in [4.78, 5) is 27.3. The Morgan fingerprint density at radius 3 is 2.44 bits per heavy atom. The minimum absolute atomic E-state index is 0.124. The molecule has 1 rings (SSSR count). The molecule has 0 aromatic heterocycles. The molecule has 18 heavy (non-hydrogen) atoms. The molecule has 1 N–H and O–H groups in total. The van der Waals surface area contributed by atoms with E-state index >= 15 is 0 Å². The van der Waals surface area contributed by atoms with Gasteiger partial charge >= 0.3 is 12.0 Å². The highest BCUT2D eigenvalue weighted by atomic mass is 16.4. The lowest BCUT2D eigenvalue weighted by Gasteiger charge is -2.37. The molecule has 5 nitrogen and oxygen atoms in total. The maximum atomic E-state index is 12.4. The van der Waals surface area contributed by atoms with E-state index in [1.165, 1.54) is 0 Å². The Kier molecular flexibility index (Phi) is 4.99. The number of carboxylic acid groups (broad SMARTS) is 1. The van der Waals surface area contributed by atoms with E-state index < -0.39 is 11.5 Å². The van der Waals surface area contributed by atoms with E-state index in [1.54, 1.807) is 9.80 Å². The van der Waals surface area contributed by atoms with Crippen molar-refractivity contribution in [3.63, 3.8) is 0 Å². The molecule has 2 amide bonds. The second-order valence-corrected chi connectivity index (χ2v) is 4.81. The van der Waals surface area contributed by atoms with Crippen molar-refractivity contribution >= 4 is 12.0 Å². The Labute approximate surface area is 109 Å². The second-order valence-electron chi connectivity index (χ2n) is 4.81. The first-order valence-corrected chi connectivity index (χ1v) is 6.83. The second kappa shape index (κ2) is 6.07. The number of hydrogen-bond acceptors (Lipinski definition) is 2. The van der Waals surface area contributed by atoms with Crippen LogP contribution in [-0.2, 0) is 4.79 Å². The zero-order valence-electron chi connectivity index (χ0n) is 11.6. The summed E-state index contributed by atoms with van der Waals surface area (Å²) >= 11 is 0. The lowest BCUT2D eigenvalue weighted by atomic mass is 9.93. The van der Waals surface area contributed by atoms with Gasteiger partial charge in [-0.2, -0.15) is 0 Å². The average molecular weight is 256 g/mol. The quantitative estimate of drug-likeness (QED) is 0.820. The Balaban J connectivity index is 2.92. The lowest BCUT2D eigenvalue weighted by Crippen LogP contribution is -2.56. The zero-order chi connectivity index (χ0) is 13.8. The SMILES string of the molecule is CCCN(CC)C(=O)N1CCCC1(CC)C(=O)O. The molecule has 0 spiro atoms. The lowest BCUT2D eigenvalue weighted by molar-refractivity contribution is -0.148. The van der Waals surface area contributed by atoms with E-state index in [4.69, 9.17) is 0 Å². The van der Waals surface area contributed by atoms with Crippen LogP contribution in [0.15, 0.2) is 0 Å². The van der Waals surface area contributed by atoms with Gasteiger partial charge in [0.15, 0.2) is 0 Å². The highest BCUT2D eigenvalue weighted by molar-refractivity contribution is 5.87. The number of likely N-dealkylation sites (tertiary alicyclic amines) is 1. The molecule has 1 heterocycles. The highest BCUT2D eigenvalue weighted by Gasteiger charge is 2.49. The van der Waals surface area contributed by atoms with Gasteiger partial charge in [0, 0.05) is 19.6 Å². The third-order valence-electron chi connectivity index (χ3n) is 3.85. The van der Waals surface area contributed by atoms with Crippen molar-refractivity contribution in [2.45, 2.75) is 52.0 Å². The van der Waals surface area contributed by atoms with Crippen molar-refractivity contribution in [3.8, 4) is 0 Å². The first-order valence-electron chi connectivity index (χ1n) is 6.83. The van der Waals surface area contributed by atoms with Gasteiger partial charge in [-0.25, -0.2) is 9.59 Å². The van der Waals surface area contributed by atoms with Crippen molar-refractivity contribution in [1.29, 1.82) is 0 Å². The Hall–Kier alpha value is -1.26. The van der Waals surface area contributed by atoms with Crippen molar-refractivity contribution in [3.05, 3.63) is 0 Å². The van der Waals surface area contributed by atoms with Crippen molar-refractivity contribution in [2.24, 2.45) is 0 Å². The maximum absolute atomic E-state index is 12.4. The molecule has 1 unspecified atom stereocenters. The summed E-state index contributed by atoms with van der Waals surface area (Å²) in [7, 11) is 0. The summed E-state index contributed by atoms with van der Waals surface area (Å²) in [5, 5.41) is 9.46. The smallest absolute Gasteiger partial charge is 0.329 e. The van der Waals surface area contributed by atoms with E-state index in [0.717, 1.165) is 12.8 Å². The van der Waals surface area contributed by atoms with Crippen molar-refractivity contribution in [2.75, 3.05) is 19.6 Å². The predicted octanol–water partition coefficient (Wildman–Crippen LogP) is 2.17. The minimum Gasteiger partial charge on any atom is -0.479 e. The molecule has 1 saturated heterocycles. The summed E-state index contributed by atoms with van der Waals surface area (Å²) in [5.74, 6) is -0.872. The van der Waals surface area contributed by atoms with Gasteiger partial charge in [0.25, 0.3) is 0 Å². The third kappa shape index (κ3) is 2.44. The van der Waals surface area contributed by atoms with E-state index in [2.05, 4.69) is 0 Å². The monoisotopic (exact) mass is 256 g/mol. The molecule has 0 aromatic carbocycles. The fourth-order valence-electron chi connectivity index (χ4n) is 2.73. The number of carbonyl (C=O) groups is 2. The van der Waals surface area contributed by atoms with Crippen LogP contribution in [0.2, 0.25) is 0 Å². The van der Waals surface area contributed by atoms with Crippen LogP contribution in [0.25, 0.3) is 0 Å². The molecule has 5 heteroatoms. The molecule has 1 fully saturated rings. The van der Waals surface area contributed by atoms with Crippen molar-refractivity contribution < 1.29 is 14.7 Å². The molecule has 0 aromatic rings. The highest BCUT2D eigenvalue weighted by Crippen LogP contribution is 2.33. The van der Waals surface area contributed by atoms with E-state index in [0.29, 0.717) is 32.5 Å². The zero-order valence-corrected chi connectivity index (χ0v) is 11.6. The fourth-order valence-corrected chi connectivity index (χ4v) is 2.73. The van der Waals surface area contributed by atoms with Gasteiger partial charge < -0.3 is 14.9 Å². The number of carbonyl (C=O) groups excluding carboxylic acids is 1. The topological polar surface area (TPSA) is 60.9 Å². The fraction of sp³-hybridized carbons (Fsp3) is 0.846. The van der Waals surface area contributed by atoms with Crippen LogP contribution in [-0.4, -0.2) is 52.1 Å². The van der Waals surface area contributed by atoms with Crippen LogP contribution in [0.5, 0.6) is 0 Å². The van der Waals surface area contributed by atoms with Gasteiger partial charge in [-0.1, -0.05) is 13.8 Å². The first-order chi connectivity index (χ1) is 8.53. The van der Waals surface area contributed by atoms with Gasteiger partial charge in [-0.15, -0.1) is 0 Å². The molecular formula is C13H24N2O3. The molecular weight excluding hydrogens is 232 g/mol. The number of carboxylic acids is 1. The van der Waals surface area contributed by atoms with Gasteiger partial charge in [-0.3, -0.25) is 0 Å². The summed E-state index contributed by atoms with van der Waals surface area (Å²) in [5.41, 5.74) is -0.988. The Morgan fingerprint density at radius 2 is 2.00 bits per heavy atom. The van der Waals surface area contributed by atoms with E-state index in [-0.39, 0.29) is 6.03 Å². The molecule has 0 radical (unpaired) electrons. The molecule has 1 atom stereocenters. The van der Waals surface area contributed by atoms with Crippen LogP contribution in [0, 0.1) is 0 Å². The van der Waals surface area contributed by atoms with Crippen LogP contribution in [0.3, 0.4) is 0 Å². The van der Waals surface area contributed by atoms with E-state index in [9.17, 15) is 14.7 Å². The largest absolute Gasteiger partial charge is 0.479 e. The van der Waals surface area contributed by atoms with Gasteiger partial charge in [0.2, 0.25) is 0 Å². The van der Waals surface area contributed by atoms with Gasteiger partial charge in [0.1, 0.15) is 5.54 Å². The molecule has 0 saturated carbocycles. The number of hydrogen-bond donors (Lipinski definition) is 1. The van der Waals surface area contributed by atoms with Crippen LogP contribution >= 0.6 is 0 Å². The van der Waals surface area contributed by atoms with Crippen LogP contribution in [0.4, 0.5) is 4.79 Å². The Bertz CT molecular complexity index is 319. The van der Waals surface area contributed by atoms with Gasteiger partial charge in [-0.05, 0) is 32.6 Å². The van der Waals surface area contributed by atoms with Crippen LogP contribution in [0.1, 0.15) is 46.5 Å². The third-order valence-corrected chi connectivity index (χ3v) is 3.85. The normalized spacial score (nSPS) is 23.2. The Morgan fingerprint density at radius 1 is 1.33 bits per heavy atom. The van der Waals surface area contributed by atoms with Crippen LogP contribution < -0.4 is 0 Å². The summed E-state index contributed by atoms with van der Waals surface area (Å²) in [6.07, 6.45) is 2.70. The first kappa shape index (κ1) is 14.8.